The van der Waals surface area contributed by atoms with Crippen LogP contribution in [0.5, 0.6) is 5.75 Å². The number of benzene rings is 3. The summed E-state index contributed by atoms with van der Waals surface area (Å²) in [5.41, 5.74) is 4.43. The van der Waals surface area contributed by atoms with Crippen LogP contribution in [0.25, 0.3) is 0 Å². The molecular formula is C24H22FN3O3. The van der Waals surface area contributed by atoms with Crippen LogP contribution in [0.1, 0.15) is 34.5 Å². The molecule has 0 unspecified atom stereocenters. The van der Waals surface area contributed by atoms with E-state index in [4.69, 9.17) is 4.74 Å². The highest BCUT2D eigenvalue weighted by Gasteiger charge is 2.09. The van der Waals surface area contributed by atoms with Gasteiger partial charge in [0.05, 0.1) is 12.3 Å². The van der Waals surface area contributed by atoms with Gasteiger partial charge >= 0.3 is 0 Å². The van der Waals surface area contributed by atoms with E-state index in [1.165, 1.54) is 30.5 Å². The van der Waals surface area contributed by atoms with Crippen molar-refractivity contribution in [1.29, 1.82) is 0 Å². The van der Waals surface area contributed by atoms with E-state index >= 15 is 0 Å². The van der Waals surface area contributed by atoms with Crippen molar-refractivity contribution in [3.63, 3.8) is 0 Å². The van der Waals surface area contributed by atoms with E-state index in [2.05, 4.69) is 15.8 Å². The summed E-state index contributed by atoms with van der Waals surface area (Å²) >= 11 is 0. The Morgan fingerprint density at radius 1 is 1.00 bits per heavy atom. The van der Waals surface area contributed by atoms with Gasteiger partial charge in [-0.2, -0.15) is 5.10 Å². The Morgan fingerprint density at radius 3 is 2.35 bits per heavy atom. The van der Waals surface area contributed by atoms with Gasteiger partial charge in [-0.3, -0.25) is 9.59 Å². The van der Waals surface area contributed by atoms with E-state index in [-0.39, 0.29) is 18.6 Å². The molecule has 0 spiro atoms. The summed E-state index contributed by atoms with van der Waals surface area (Å²) in [5.74, 6) is -0.530. The lowest BCUT2D eigenvalue weighted by atomic mass is 10.1. The van der Waals surface area contributed by atoms with Gasteiger partial charge < -0.3 is 10.1 Å². The summed E-state index contributed by atoms with van der Waals surface area (Å²) in [5, 5.41) is 6.77. The van der Waals surface area contributed by atoms with Gasteiger partial charge in [-0.05, 0) is 66.6 Å². The third-order valence-corrected chi connectivity index (χ3v) is 4.41. The average Bonchev–Trinajstić information content (AvgIpc) is 2.79. The largest absolute Gasteiger partial charge is 0.484 e. The molecule has 7 heteroatoms. The quantitative estimate of drug-likeness (QED) is 0.430. The predicted molar refractivity (Wildman–Crippen MR) is 116 cm³/mol. The molecule has 3 aromatic carbocycles. The summed E-state index contributed by atoms with van der Waals surface area (Å²) in [6.07, 6.45) is 1.47. The number of rotatable bonds is 8. The maximum absolute atomic E-state index is 12.9. The molecule has 0 saturated carbocycles. The number of hydrogen-bond acceptors (Lipinski definition) is 4. The van der Waals surface area contributed by atoms with Gasteiger partial charge in [0, 0.05) is 5.56 Å². The Balaban J connectivity index is 1.44. The molecule has 31 heavy (non-hydrogen) atoms. The van der Waals surface area contributed by atoms with E-state index in [1.54, 1.807) is 24.3 Å². The molecule has 0 aliphatic rings. The van der Waals surface area contributed by atoms with Gasteiger partial charge in [-0.1, -0.05) is 30.3 Å². The SMILES string of the molecule is C[C@H](NC(=O)COc1ccc(/C=N/NC(=O)c2ccc(F)cc2)cc1)c1ccccc1. The molecule has 6 nitrogen and oxygen atoms in total. The lowest BCUT2D eigenvalue weighted by molar-refractivity contribution is -0.123. The van der Waals surface area contributed by atoms with Crippen molar-refractivity contribution in [3.05, 3.63) is 101 Å². The van der Waals surface area contributed by atoms with E-state index in [9.17, 15) is 14.0 Å². The third-order valence-electron chi connectivity index (χ3n) is 4.41. The molecule has 0 aromatic heterocycles. The van der Waals surface area contributed by atoms with E-state index in [0.717, 1.165) is 11.1 Å². The van der Waals surface area contributed by atoms with Crippen LogP contribution in [-0.4, -0.2) is 24.6 Å². The van der Waals surface area contributed by atoms with E-state index in [1.807, 2.05) is 37.3 Å². The van der Waals surface area contributed by atoms with Crippen LogP contribution < -0.4 is 15.5 Å². The average molecular weight is 419 g/mol. The molecule has 1 atom stereocenters. The lowest BCUT2D eigenvalue weighted by Gasteiger charge is -2.14. The molecule has 0 aliphatic carbocycles. The van der Waals surface area contributed by atoms with Gasteiger partial charge in [0.15, 0.2) is 6.61 Å². The summed E-state index contributed by atoms with van der Waals surface area (Å²) in [6.45, 7) is 1.81. The molecule has 2 N–H and O–H groups in total. The molecule has 3 aromatic rings. The van der Waals surface area contributed by atoms with E-state index in [0.29, 0.717) is 11.3 Å². The highest BCUT2D eigenvalue weighted by molar-refractivity contribution is 5.94. The number of carbonyl (C=O) groups is 2. The first-order valence-corrected chi connectivity index (χ1v) is 9.67. The topological polar surface area (TPSA) is 79.8 Å². The monoisotopic (exact) mass is 419 g/mol. The minimum Gasteiger partial charge on any atom is -0.484 e. The Bertz CT molecular complexity index is 1040. The fraction of sp³-hybridized carbons (Fsp3) is 0.125. The van der Waals surface area contributed by atoms with Crippen LogP contribution in [0.4, 0.5) is 4.39 Å². The maximum Gasteiger partial charge on any atom is 0.271 e. The predicted octanol–water partition coefficient (Wildman–Crippen LogP) is 3.85. The normalized spacial score (nSPS) is 11.7. The molecule has 2 amide bonds. The summed E-state index contributed by atoms with van der Waals surface area (Å²) < 4.78 is 18.4. The van der Waals surface area contributed by atoms with Crippen LogP contribution in [0.15, 0.2) is 84.0 Å². The molecule has 0 bridgehead atoms. The highest BCUT2D eigenvalue weighted by Crippen LogP contribution is 2.13. The summed E-state index contributed by atoms with van der Waals surface area (Å²) in [4.78, 5) is 24.0. The molecule has 0 radical (unpaired) electrons. The smallest absolute Gasteiger partial charge is 0.271 e. The Hall–Kier alpha value is -4.00. The van der Waals surface area contributed by atoms with Gasteiger partial charge in [0.2, 0.25) is 0 Å². The summed E-state index contributed by atoms with van der Waals surface area (Å²) in [7, 11) is 0. The molecule has 0 saturated heterocycles. The third kappa shape index (κ3) is 6.78. The number of nitrogens with zero attached hydrogens (tertiary/aromatic N) is 1. The minimum atomic E-state index is -0.438. The van der Waals surface area contributed by atoms with Crippen molar-refractivity contribution < 1.29 is 18.7 Å². The lowest BCUT2D eigenvalue weighted by Crippen LogP contribution is -2.31. The van der Waals surface area contributed by atoms with Gasteiger partial charge in [-0.15, -0.1) is 0 Å². The number of ether oxygens (including phenoxy) is 1. The first-order valence-electron chi connectivity index (χ1n) is 9.67. The number of hydrazone groups is 1. The van der Waals surface area contributed by atoms with Crippen molar-refractivity contribution in [3.8, 4) is 5.75 Å². The van der Waals surface area contributed by atoms with Crippen LogP contribution in [0, 0.1) is 5.82 Å². The van der Waals surface area contributed by atoms with Gasteiger partial charge in [0.25, 0.3) is 11.8 Å². The van der Waals surface area contributed by atoms with Crippen LogP contribution in [0.2, 0.25) is 0 Å². The fourth-order valence-corrected chi connectivity index (χ4v) is 2.74. The number of halogens is 1. The highest BCUT2D eigenvalue weighted by atomic mass is 19.1. The number of carbonyl (C=O) groups excluding carboxylic acids is 2. The van der Waals surface area contributed by atoms with Crippen molar-refractivity contribution in [1.82, 2.24) is 10.7 Å². The van der Waals surface area contributed by atoms with Gasteiger partial charge in [-0.25, -0.2) is 9.82 Å². The molecule has 158 valence electrons. The zero-order chi connectivity index (χ0) is 22.1. The fourth-order valence-electron chi connectivity index (χ4n) is 2.74. The number of amides is 2. The number of nitrogens with one attached hydrogen (secondary N) is 2. The van der Waals surface area contributed by atoms with Crippen molar-refractivity contribution >= 4 is 18.0 Å². The van der Waals surface area contributed by atoms with Crippen molar-refractivity contribution in [2.45, 2.75) is 13.0 Å². The zero-order valence-electron chi connectivity index (χ0n) is 16.9. The second-order valence-corrected chi connectivity index (χ2v) is 6.76. The number of hydrogen-bond donors (Lipinski definition) is 2. The Morgan fingerprint density at radius 2 is 1.68 bits per heavy atom. The second-order valence-electron chi connectivity index (χ2n) is 6.76. The molecule has 0 fully saturated rings. The Kier molecular flexibility index (Phi) is 7.48. The second kappa shape index (κ2) is 10.7. The first-order chi connectivity index (χ1) is 15.0. The standard InChI is InChI=1S/C24H22FN3O3/c1-17(19-5-3-2-4-6-19)27-23(29)16-31-22-13-7-18(8-14-22)15-26-28-24(30)20-9-11-21(25)12-10-20/h2-15,17H,16H2,1H3,(H,27,29)(H,28,30)/b26-15+/t17-/m0/s1. The van der Waals surface area contributed by atoms with Crippen LogP contribution in [0.3, 0.4) is 0 Å². The van der Waals surface area contributed by atoms with E-state index < -0.39 is 11.7 Å². The maximum atomic E-state index is 12.9. The van der Waals surface area contributed by atoms with Crippen LogP contribution in [-0.2, 0) is 4.79 Å². The minimum absolute atomic E-state index is 0.0989. The van der Waals surface area contributed by atoms with Crippen molar-refractivity contribution in [2.24, 2.45) is 5.10 Å². The molecule has 3 rings (SSSR count). The Labute approximate surface area is 179 Å². The first kappa shape index (κ1) is 21.7. The van der Waals surface area contributed by atoms with Crippen LogP contribution >= 0.6 is 0 Å². The molecular weight excluding hydrogens is 397 g/mol. The molecule has 0 aliphatic heterocycles. The van der Waals surface area contributed by atoms with Crippen molar-refractivity contribution in [2.75, 3.05) is 6.61 Å². The summed E-state index contributed by atoms with van der Waals surface area (Å²) in [6, 6.07) is 21.6. The zero-order valence-corrected chi connectivity index (χ0v) is 16.9. The van der Waals surface area contributed by atoms with Gasteiger partial charge in [0.1, 0.15) is 11.6 Å². The molecule has 0 heterocycles.